The maximum absolute atomic E-state index is 5.90. The van der Waals surface area contributed by atoms with E-state index in [9.17, 15) is 0 Å². The first kappa shape index (κ1) is 12.0. The molecule has 0 aliphatic heterocycles. The van der Waals surface area contributed by atoms with Gasteiger partial charge in [-0.1, -0.05) is 39.0 Å². The first-order valence-corrected chi connectivity index (χ1v) is 6.16. The average Bonchev–Trinajstić information content (AvgIpc) is 3.00. The smallest absolute Gasteiger partial charge is 0.193 e. The molecule has 0 radical (unpaired) electrons. The van der Waals surface area contributed by atoms with Crippen molar-refractivity contribution < 1.29 is 0 Å². The highest BCUT2D eigenvalue weighted by molar-refractivity contribution is 5.93. The van der Waals surface area contributed by atoms with Crippen LogP contribution in [0.2, 0.25) is 0 Å². The SMILES string of the molecule is CC(C)(C)c1ccccc1NC(N)=NC1CC1. The lowest BCUT2D eigenvalue weighted by Gasteiger charge is -2.23. The summed E-state index contributed by atoms with van der Waals surface area (Å²) >= 11 is 0. The molecule has 0 heterocycles. The number of nitrogens with two attached hydrogens (primary N) is 1. The zero-order chi connectivity index (χ0) is 12.5. The van der Waals surface area contributed by atoms with Crippen molar-refractivity contribution in [2.45, 2.75) is 45.1 Å². The standard InChI is InChI=1S/C14H21N3/c1-14(2,3)11-6-4-5-7-12(11)17-13(15)16-10-8-9-10/h4-7,10H,8-9H2,1-3H3,(H3,15,16,17). The van der Waals surface area contributed by atoms with E-state index < -0.39 is 0 Å². The summed E-state index contributed by atoms with van der Waals surface area (Å²) in [4.78, 5) is 4.39. The average molecular weight is 231 g/mol. The van der Waals surface area contributed by atoms with E-state index in [0.29, 0.717) is 12.0 Å². The molecule has 3 heteroatoms. The maximum atomic E-state index is 5.90. The second kappa shape index (κ2) is 4.40. The number of nitrogens with one attached hydrogen (secondary N) is 1. The molecule has 0 amide bonds. The summed E-state index contributed by atoms with van der Waals surface area (Å²) in [7, 11) is 0. The maximum Gasteiger partial charge on any atom is 0.193 e. The summed E-state index contributed by atoms with van der Waals surface area (Å²) in [5, 5.41) is 3.22. The van der Waals surface area contributed by atoms with Gasteiger partial charge in [-0.2, -0.15) is 0 Å². The molecular weight excluding hydrogens is 210 g/mol. The van der Waals surface area contributed by atoms with Crippen LogP contribution in [-0.4, -0.2) is 12.0 Å². The minimum absolute atomic E-state index is 0.101. The van der Waals surface area contributed by atoms with Crippen LogP contribution in [0.3, 0.4) is 0 Å². The zero-order valence-electron chi connectivity index (χ0n) is 10.8. The fourth-order valence-electron chi connectivity index (χ4n) is 1.82. The number of para-hydroxylation sites is 1. The number of anilines is 1. The van der Waals surface area contributed by atoms with Gasteiger partial charge in [0.05, 0.1) is 6.04 Å². The number of benzene rings is 1. The summed E-state index contributed by atoms with van der Waals surface area (Å²) in [5.41, 5.74) is 8.31. The van der Waals surface area contributed by atoms with Crippen molar-refractivity contribution >= 4 is 11.6 Å². The van der Waals surface area contributed by atoms with Crippen molar-refractivity contribution in [3.63, 3.8) is 0 Å². The lowest BCUT2D eigenvalue weighted by molar-refractivity contribution is 0.592. The van der Waals surface area contributed by atoms with Gasteiger partial charge in [-0.15, -0.1) is 0 Å². The van der Waals surface area contributed by atoms with E-state index >= 15 is 0 Å². The van der Waals surface area contributed by atoms with Gasteiger partial charge in [-0.05, 0) is 29.9 Å². The molecule has 1 fully saturated rings. The molecule has 1 aromatic rings. The Kier molecular flexibility index (Phi) is 3.09. The monoisotopic (exact) mass is 231 g/mol. The van der Waals surface area contributed by atoms with Gasteiger partial charge in [-0.25, -0.2) is 4.99 Å². The van der Waals surface area contributed by atoms with Crippen LogP contribution in [0.15, 0.2) is 29.3 Å². The molecule has 17 heavy (non-hydrogen) atoms. The summed E-state index contributed by atoms with van der Waals surface area (Å²) in [6.45, 7) is 6.59. The van der Waals surface area contributed by atoms with E-state index in [0.717, 1.165) is 5.69 Å². The summed E-state index contributed by atoms with van der Waals surface area (Å²) in [6.07, 6.45) is 2.34. The van der Waals surface area contributed by atoms with Crippen molar-refractivity contribution in [1.29, 1.82) is 0 Å². The lowest BCUT2D eigenvalue weighted by Crippen LogP contribution is -2.25. The third kappa shape index (κ3) is 3.22. The van der Waals surface area contributed by atoms with Gasteiger partial charge in [0.1, 0.15) is 0 Å². The molecule has 0 atom stereocenters. The third-order valence-electron chi connectivity index (χ3n) is 2.87. The highest BCUT2D eigenvalue weighted by atomic mass is 15.1. The molecule has 1 aliphatic rings. The summed E-state index contributed by atoms with van der Waals surface area (Å²) in [5.74, 6) is 0.532. The Morgan fingerprint density at radius 1 is 1.29 bits per heavy atom. The van der Waals surface area contributed by atoms with Crippen LogP contribution in [0, 0.1) is 0 Å². The topological polar surface area (TPSA) is 50.4 Å². The van der Waals surface area contributed by atoms with E-state index in [4.69, 9.17) is 5.73 Å². The molecule has 1 aliphatic carbocycles. The van der Waals surface area contributed by atoms with Gasteiger partial charge in [0.25, 0.3) is 0 Å². The van der Waals surface area contributed by atoms with E-state index in [1.165, 1.54) is 18.4 Å². The van der Waals surface area contributed by atoms with E-state index in [-0.39, 0.29) is 5.41 Å². The predicted octanol–water partition coefficient (Wildman–Crippen LogP) is 2.87. The number of guanidine groups is 1. The highest BCUT2D eigenvalue weighted by Crippen LogP contribution is 2.29. The van der Waals surface area contributed by atoms with Crippen LogP contribution in [-0.2, 0) is 5.41 Å². The normalized spacial score (nSPS) is 17.0. The Morgan fingerprint density at radius 2 is 1.94 bits per heavy atom. The van der Waals surface area contributed by atoms with Crippen molar-refractivity contribution in [3.05, 3.63) is 29.8 Å². The largest absolute Gasteiger partial charge is 0.370 e. The van der Waals surface area contributed by atoms with Gasteiger partial charge >= 0.3 is 0 Å². The van der Waals surface area contributed by atoms with Gasteiger partial charge < -0.3 is 11.1 Å². The molecule has 3 N–H and O–H groups in total. The number of rotatable bonds is 2. The first-order valence-electron chi connectivity index (χ1n) is 6.16. The van der Waals surface area contributed by atoms with Gasteiger partial charge in [0.15, 0.2) is 5.96 Å². The second-order valence-electron chi connectivity index (χ2n) is 5.67. The Labute approximate surface area is 103 Å². The molecule has 3 nitrogen and oxygen atoms in total. The molecule has 0 unspecified atom stereocenters. The fraction of sp³-hybridized carbons (Fsp3) is 0.500. The molecule has 1 aromatic carbocycles. The van der Waals surface area contributed by atoms with Crippen LogP contribution >= 0.6 is 0 Å². The van der Waals surface area contributed by atoms with E-state index in [1.807, 2.05) is 6.07 Å². The van der Waals surface area contributed by atoms with Gasteiger partial charge in [0, 0.05) is 5.69 Å². The summed E-state index contributed by atoms with van der Waals surface area (Å²) < 4.78 is 0. The number of nitrogens with zero attached hydrogens (tertiary/aromatic N) is 1. The van der Waals surface area contributed by atoms with Crippen molar-refractivity contribution in [2.75, 3.05) is 5.32 Å². The Balaban J connectivity index is 2.20. The van der Waals surface area contributed by atoms with Crippen LogP contribution < -0.4 is 11.1 Å². The molecule has 0 bridgehead atoms. The number of hydrogen-bond donors (Lipinski definition) is 2. The van der Waals surface area contributed by atoms with Crippen molar-refractivity contribution in [3.8, 4) is 0 Å². The van der Waals surface area contributed by atoms with Gasteiger partial charge in [-0.3, -0.25) is 0 Å². The molecular formula is C14H21N3. The molecule has 0 spiro atoms. The first-order chi connectivity index (χ1) is 7.97. The molecule has 0 saturated heterocycles. The summed E-state index contributed by atoms with van der Waals surface area (Å²) in [6, 6.07) is 8.70. The third-order valence-corrected chi connectivity index (χ3v) is 2.87. The molecule has 1 saturated carbocycles. The Bertz CT molecular complexity index is 425. The highest BCUT2D eigenvalue weighted by Gasteiger charge is 2.21. The minimum atomic E-state index is 0.101. The minimum Gasteiger partial charge on any atom is -0.370 e. The van der Waals surface area contributed by atoms with Gasteiger partial charge in [0.2, 0.25) is 0 Å². The molecule has 2 rings (SSSR count). The van der Waals surface area contributed by atoms with Crippen molar-refractivity contribution in [2.24, 2.45) is 10.7 Å². The second-order valence-corrected chi connectivity index (χ2v) is 5.67. The van der Waals surface area contributed by atoms with Crippen LogP contribution in [0.1, 0.15) is 39.2 Å². The zero-order valence-corrected chi connectivity index (χ0v) is 10.8. The van der Waals surface area contributed by atoms with Crippen LogP contribution in [0.4, 0.5) is 5.69 Å². The number of aliphatic imine (C=N–C) groups is 1. The van der Waals surface area contributed by atoms with Crippen molar-refractivity contribution in [1.82, 2.24) is 0 Å². The molecule has 92 valence electrons. The van der Waals surface area contributed by atoms with Crippen LogP contribution in [0.5, 0.6) is 0 Å². The molecule has 0 aromatic heterocycles. The number of hydrogen-bond acceptors (Lipinski definition) is 1. The fourth-order valence-corrected chi connectivity index (χ4v) is 1.82. The van der Waals surface area contributed by atoms with Crippen LogP contribution in [0.25, 0.3) is 0 Å². The Morgan fingerprint density at radius 3 is 2.53 bits per heavy atom. The lowest BCUT2D eigenvalue weighted by atomic mass is 9.86. The Hall–Kier alpha value is -1.51. The van der Waals surface area contributed by atoms with E-state index in [2.05, 4.69) is 49.3 Å². The quantitative estimate of drug-likeness (QED) is 0.607. The van der Waals surface area contributed by atoms with E-state index in [1.54, 1.807) is 0 Å². The predicted molar refractivity (Wildman–Crippen MR) is 73.4 cm³/mol.